The Morgan fingerprint density at radius 2 is 2.17 bits per heavy atom. The number of aryl methyl sites for hydroxylation is 1. The average molecular weight is 178 g/mol. The summed E-state index contributed by atoms with van der Waals surface area (Å²) < 4.78 is 0. The van der Waals surface area contributed by atoms with E-state index in [0.717, 1.165) is 11.1 Å². The molecule has 1 rings (SSSR count). The topological polar surface area (TPSA) is 23.8 Å². The molecule has 0 unspecified atom stereocenters. The maximum atomic E-state index is 8.30. The summed E-state index contributed by atoms with van der Waals surface area (Å²) in [6, 6.07) is 7.61. The van der Waals surface area contributed by atoms with E-state index in [0.29, 0.717) is 5.02 Å². The SMILES string of the molecule is Cc1cc(Cl)cc(C=CC#N)c1. The molecule has 0 N–H and O–H groups in total. The molecule has 0 atom stereocenters. The van der Waals surface area contributed by atoms with Gasteiger partial charge in [0, 0.05) is 11.1 Å². The Bertz CT molecular complexity index is 327. The molecule has 1 aromatic rings. The summed E-state index contributed by atoms with van der Waals surface area (Å²) in [4.78, 5) is 0. The van der Waals surface area contributed by atoms with Crippen LogP contribution in [0.4, 0.5) is 0 Å². The van der Waals surface area contributed by atoms with Crippen LogP contribution in [-0.4, -0.2) is 0 Å². The predicted molar refractivity (Wildman–Crippen MR) is 50.8 cm³/mol. The van der Waals surface area contributed by atoms with Gasteiger partial charge in [-0.05, 0) is 36.3 Å². The molecular formula is C10H8ClN. The van der Waals surface area contributed by atoms with Gasteiger partial charge < -0.3 is 0 Å². The van der Waals surface area contributed by atoms with E-state index in [-0.39, 0.29) is 0 Å². The Morgan fingerprint density at radius 3 is 2.75 bits per heavy atom. The molecule has 2 heteroatoms. The van der Waals surface area contributed by atoms with Crippen molar-refractivity contribution in [3.05, 3.63) is 40.4 Å². The second-order valence-electron chi connectivity index (χ2n) is 2.52. The molecule has 60 valence electrons. The molecule has 0 aliphatic heterocycles. The number of allylic oxidation sites excluding steroid dienone is 1. The monoisotopic (exact) mass is 177 g/mol. The van der Waals surface area contributed by atoms with E-state index < -0.39 is 0 Å². The number of nitrogens with zero attached hydrogens (tertiary/aromatic N) is 1. The summed E-state index contributed by atoms with van der Waals surface area (Å²) in [6.07, 6.45) is 3.17. The van der Waals surface area contributed by atoms with Gasteiger partial charge in [-0.1, -0.05) is 17.7 Å². The van der Waals surface area contributed by atoms with Crippen molar-refractivity contribution in [3.63, 3.8) is 0 Å². The van der Waals surface area contributed by atoms with Gasteiger partial charge >= 0.3 is 0 Å². The van der Waals surface area contributed by atoms with Crippen LogP contribution < -0.4 is 0 Å². The van der Waals surface area contributed by atoms with Crippen LogP contribution in [0.2, 0.25) is 5.02 Å². The molecule has 0 spiro atoms. The second kappa shape index (κ2) is 3.94. The van der Waals surface area contributed by atoms with Gasteiger partial charge in [-0.3, -0.25) is 0 Å². The third-order valence-electron chi connectivity index (χ3n) is 1.41. The molecule has 0 fully saturated rings. The van der Waals surface area contributed by atoms with Crippen molar-refractivity contribution in [2.75, 3.05) is 0 Å². The Labute approximate surface area is 76.9 Å². The number of rotatable bonds is 1. The Kier molecular flexibility index (Phi) is 2.90. The third kappa shape index (κ3) is 2.41. The molecule has 0 heterocycles. The van der Waals surface area contributed by atoms with Crippen LogP contribution in [0.25, 0.3) is 6.08 Å². The van der Waals surface area contributed by atoms with Gasteiger partial charge in [0.1, 0.15) is 0 Å². The molecular weight excluding hydrogens is 170 g/mol. The number of hydrogen-bond donors (Lipinski definition) is 0. The quantitative estimate of drug-likeness (QED) is 0.605. The van der Waals surface area contributed by atoms with Gasteiger partial charge in [-0.15, -0.1) is 0 Å². The Hall–Kier alpha value is -1.26. The molecule has 0 bridgehead atoms. The van der Waals surface area contributed by atoms with E-state index in [1.165, 1.54) is 6.08 Å². The molecule has 0 saturated heterocycles. The smallest absolute Gasteiger partial charge is 0.0912 e. The molecule has 0 aromatic heterocycles. The zero-order valence-corrected chi connectivity index (χ0v) is 7.47. The maximum Gasteiger partial charge on any atom is 0.0912 e. The molecule has 1 aromatic carbocycles. The van der Waals surface area contributed by atoms with Crippen LogP contribution in [0.5, 0.6) is 0 Å². The molecule has 0 aliphatic carbocycles. The summed E-state index contributed by atoms with van der Waals surface area (Å²) in [6.45, 7) is 1.97. The molecule has 0 saturated carbocycles. The van der Waals surface area contributed by atoms with Gasteiger partial charge in [-0.25, -0.2) is 0 Å². The van der Waals surface area contributed by atoms with E-state index in [4.69, 9.17) is 16.9 Å². The van der Waals surface area contributed by atoms with E-state index >= 15 is 0 Å². The standard InChI is InChI=1S/C10H8ClN/c1-8-5-9(3-2-4-12)7-10(11)6-8/h2-3,5-7H,1H3. The fraction of sp³-hybridized carbons (Fsp3) is 0.100. The van der Waals surface area contributed by atoms with Crippen molar-refractivity contribution < 1.29 is 0 Å². The van der Waals surface area contributed by atoms with Crippen LogP contribution in [0.1, 0.15) is 11.1 Å². The summed E-state index contributed by atoms with van der Waals surface area (Å²) in [5.41, 5.74) is 2.06. The number of halogens is 1. The lowest BCUT2D eigenvalue weighted by molar-refractivity contribution is 1.46. The highest BCUT2D eigenvalue weighted by Crippen LogP contribution is 2.15. The number of nitriles is 1. The van der Waals surface area contributed by atoms with Gasteiger partial charge in [-0.2, -0.15) is 5.26 Å². The molecule has 0 amide bonds. The van der Waals surface area contributed by atoms with Crippen LogP contribution in [0.3, 0.4) is 0 Å². The second-order valence-corrected chi connectivity index (χ2v) is 2.96. The lowest BCUT2D eigenvalue weighted by atomic mass is 10.1. The predicted octanol–water partition coefficient (Wildman–Crippen LogP) is 3.19. The Morgan fingerprint density at radius 1 is 1.42 bits per heavy atom. The first-order chi connectivity index (χ1) is 5.72. The average Bonchev–Trinajstić information content (AvgIpc) is 1.99. The molecule has 0 aliphatic rings. The van der Waals surface area contributed by atoms with Crippen molar-refractivity contribution in [2.45, 2.75) is 6.92 Å². The highest BCUT2D eigenvalue weighted by atomic mass is 35.5. The van der Waals surface area contributed by atoms with Gasteiger partial charge in [0.2, 0.25) is 0 Å². The maximum absolute atomic E-state index is 8.30. The fourth-order valence-electron chi connectivity index (χ4n) is 0.994. The molecule has 12 heavy (non-hydrogen) atoms. The lowest BCUT2D eigenvalue weighted by Crippen LogP contribution is -1.76. The first-order valence-corrected chi connectivity index (χ1v) is 3.93. The molecule has 1 nitrogen and oxygen atoms in total. The van der Waals surface area contributed by atoms with Crippen LogP contribution >= 0.6 is 11.6 Å². The highest BCUT2D eigenvalue weighted by Gasteiger charge is 1.92. The van der Waals surface area contributed by atoms with Gasteiger partial charge in [0.25, 0.3) is 0 Å². The minimum atomic E-state index is 0.701. The normalized spacial score (nSPS) is 10.1. The van der Waals surface area contributed by atoms with Gasteiger partial charge in [0.05, 0.1) is 6.07 Å². The largest absolute Gasteiger partial charge is 0.193 e. The van der Waals surface area contributed by atoms with Crippen molar-refractivity contribution in [1.82, 2.24) is 0 Å². The van der Waals surface area contributed by atoms with E-state index in [1.807, 2.05) is 31.2 Å². The summed E-state index contributed by atoms with van der Waals surface area (Å²) in [7, 11) is 0. The van der Waals surface area contributed by atoms with Crippen molar-refractivity contribution in [1.29, 1.82) is 5.26 Å². The minimum Gasteiger partial charge on any atom is -0.193 e. The summed E-state index contributed by atoms with van der Waals surface area (Å²) >= 11 is 5.81. The van der Waals surface area contributed by atoms with Crippen molar-refractivity contribution in [2.24, 2.45) is 0 Å². The first kappa shape index (κ1) is 8.83. The number of benzene rings is 1. The van der Waals surface area contributed by atoms with Crippen LogP contribution in [0, 0.1) is 18.3 Å². The zero-order chi connectivity index (χ0) is 8.97. The lowest BCUT2D eigenvalue weighted by Gasteiger charge is -1.96. The highest BCUT2D eigenvalue weighted by molar-refractivity contribution is 6.30. The van der Waals surface area contributed by atoms with Crippen LogP contribution in [0.15, 0.2) is 24.3 Å². The first-order valence-electron chi connectivity index (χ1n) is 3.56. The van der Waals surface area contributed by atoms with E-state index in [1.54, 1.807) is 6.08 Å². The van der Waals surface area contributed by atoms with Gasteiger partial charge in [0.15, 0.2) is 0 Å². The summed E-state index contributed by atoms with van der Waals surface area (Å²) in [5.74, 6) is 0. The van der Waals surface area contributed by atoms with E-state index in [2.05, 4.69) is 0 Å². The van der Waals surface area contributed by atoms with E-state index in [9.17, 15) is 0 Å². The zero-order valence-electron chi connectivity index (χ0n) is 6.71. The van der Waals surface area contributed by atoms with Crippen molar-refractivity contribution >= 4 is 17.7 Å². The third-order valence-corrected chi connectivity index (χ3v) is 1.63. The fourth-order valence-corrected chi connectivity index (χ4v) is 1.29. The molecule has 0 radical (unpaired) electrons. The summed E-state index contributed by atoms with van der Waals surface area (Å²) in [5, 5.41) is 9.00. The van der Waals surface area contributed by atoms with Crippen LogP contribution in [-0.2, 0) is 0 Å². The van der Waals surface area contributed by atoms with Crippen molar-refractivity contribution in [3.8, 4) is 6.07 Å². The number of hydrogen-bond acceptors (Lipinski definition) is 1. The Balaban J connectivity index is 3.03. The minimum absolute atomic E-state index is 0.701.